The first-order valence-corrected chi connectivity index (χ1v) is 4.49. The number of hydrogen-bond donors (Lipinski definition) is 0. The van der Waals surface area contributed by atoms with Crippen LogP contribution in [0.5, 0.6) is 0 Å². The quantitative estimate of drug-likeness (QED) is 0.436. The molecule has 1 aliphatic rings. The highest BCUT2D eigenvalue weighted by Gasteiger charge is 1.96. The first-order chi connectivity index (χ1) is 5.75. The lowest BCUT2D eigenvalue weighted by atomic mass is 9.98. The van der Waals surface area contributed by atoms with Crippen molar-refractivity contribution in [2.24, 2.45) is 4.99 Å². The molecule has 0 aliphatic heterocycles. The second kappa shape index (κ2) is 4.15. The van der Waals surface area contributed by atoms with Crippen LogP contribution in [0, 0.1) is 6.42 Å². The third-order valence-electron chi connectivity index (χ3n) is 2.00. The van der Waals surface area contributed by atoms with Crippen LogP contribution < -0.4 is 0 Å². The van der Waals surface area contributed by atoms with Crippen molar-refractivity contribution in [1.82, 2.24) is 0 Å². The van der Waals surface area contributed by atoms with Crippen LogP contribution in [0.2, 0.25) is 0 Å². The second-order valence-electron chi connectivity index (χ2n) is 3.08. The van der Waals surface area contributed by atoms with E-state index in [0.717, 1.165) is 18.5 Å². The average molecular weight is 162 g/mol. The Kier molecular flexibility index (Phi) is 3.15. The zero-order valence-corrected chi connectivity index (χ0v) is 8.09. The van der Waals surface area contributed by atoms with Crippen molar-refractivity contribution in [3.05, 3.63) is 29.3 Å². The zero-order chi connectivity index (χ0) is 8.97. The molecule has 0 aromatic carbocycles. The van der Waals surface area contributed by atoms with Crippen molar-refractivity contribution < 1.29 is 0 Å². The van der Waals surface area contributed by atoms with Gasteiger partial charge in [-0.05, 0) is 12.6 Å². The largest absolute Gasteiger partial charge is 0.355 e. The van der Waals surface area contributed by atoms with E-state index in [0.29, 0.717) is 0 Å². The van der Waals surface area contributed by atoms with E-state index in [-0.39, 0.29) is 0 Å². The minimum atomic E-state index is 1.00. The Balaban J connectivity index is 2.83. The molecule has 1 nitrogen and oxygen atoms in total. The summed E-state index contributed by atoms with van der Waals surface area (Å²) in [6.07, 6.45) is 8.47. The monoisotopic (exact) mass is 162 g/mol. The third kappa shape index (κ3) is 2.00. The van der Waals surface area contributed by atoms with E-state index in [4.69, 9.17) is 0 Å². The van der Waals surface area contributed by atoms with Crippen LogP contribution >= 0.6 is 0 Å². The molecule has 0 unspecified atom stereocenters. The van der Waals surface area contributed by atoms with Gasteiger partial charge >= 0.3 is 0 Å². The van der Waals surface area contributed by atoms with Gasteiger partial charge in [0, 0.05) is 0 Å². The highest BCUT2D eigenvalue weighted by Crippen LogP contribution is 2.24. The molecule has 12 heavy (non-hydrogen) atoms. The van der Waals surface area contributed by atoms with Gasteiger partial charge in [-0.2, -0.15) is 5.57 Å². The standard InChI is InChI=1S/C11H16N/c1-4-8-12-11-9(2)6-5-7-10(11)3/h6-8H,4-5H2,1-3H3/q-1. The van der Waals surface area contributed by atoms with E-state index in [1.165, 1.54) is 11.1 Å². The van der Waals surface area contributed by atoms with Crippen molar-refractivity contribution in [2.45, 2.75) is 33.6 Å². The first-order valence-electron chi connectivity index (χ1n) is 4.49. The maximum absolute atomic E-state index is 4.42. The molecule has 1 heteroatoms. The SMILES string of the molecule is CCC=NC1=C(C)[CH-]CC=C1C. The molecule has 66 valence electrons. The van der Waals surface area contributed by atoms with Crippen molar-refractivity contribution in [3.63, 3.8) is 0 Å². The second-order valence-corrected chi connectivity index (χ2v) is 3.08. The average Bonchev–Trinajstić information content (AvgIpc) is 2.04. The van der Waals surface area contributed by atoms with E-state index in [1.807, 2.05) is 6.21 Å². The Morgan fingerprint density at radius 2 is 2.33 bits per heavy atom. The van der Waals surface area contributed by atoms with E-state index in [2.05, 4.69) is 38.3 Å². The molecule has 0 amide bonds. The topological polar surface area (TPSA) is 12.4 Å². The van der Waals surface area contributed by atoms with Crippen LogP contribution in [-0.2, 0) is 0 Å². The van der Waals surface area contributed by atoms with Crippen molar-refractivity contribution in [2.75, 3.05) is 0 Å². The molecular formula is C11H16N-. The van der Waals surface area contributed by atoms with Gasteiger partial charge < -0.3 is 4.99 Å². The molecular weight excluding hydrogens is 146 g/mol. The smallest absolute Gasteiger partial charge is 0.0173 e. The molecule has 0 heterocycles. The van der Waals surface area contributed by atoms with Crippen molar-refractivity contribution in [1.29, 1.82) is 0 Å². The predicted octanol–water partition coefficient (Wildman–Crippen LogP) is 3.30. The maximum Gasteiger partial charge on any atom is -0.0173 e. The fourth-order valence-electron chi connectivity index (χ4n) is 1.30. The Bertz CT molecular complexity index is 244. The van der Waals surface area contributed by atoms with Crippen LogP contribution in [-0.4, -0.2) is 6.21 Å². The van der Waals surface area contributed by atoms with Crippen LogP contribution in [0.25, 0.3) is 0 Å². The summed E-state index contributed by atoms with van der Waals surface area (Å²) in [4.78, 5) is 4.42. The summed E-state index contributed by atoms with van der Waals surface area (Å²) in [5.74, 6) is 0. The third-order valence-corrected chi connectivity index (χ3v) is 2.00. The summed E-state index contributed by atoms with van der Waals surface area (Å²) in [5, 5.41) is 0. The zero-order valence-electron chi connectivity index (χ0n) is 8.09. The number of nitrogens with zero attached hydrogens (tertiary/aromatic N) is 1. The summed E-state index contributed by atoms with van der Waals surface area (Å²) in [6.45, 7) is 6.35. The minimum Gasteiger partial charge on any atom is -0.355 e. The normalized spacial score (nSPS) is 18.1. The summed E-state index contributed by atoms with van der Waals surface area (Å²) >= 11 is 0. The van der Waals surface area contributed by atoms with Crippen LogP contribution in [0.4, 0.5) is 0 Å². The maximum atomic E-state index is 4.42. The molecule has 0 bridgehead atoms. The fraction of sp³-hybridized carbons (Fsp3) is 0.455. The Hall–Kier alpha value is -0.980. The number of hydrogen-bond acceptors (Lipinski definition) is 1. The lowest BCUT2D eigenvalue weighted by Gasteiger charge is -2.23. The molecule has 0 N–H and O–H groups in total. The van der Waals surface area contributed by atoms with Gasteiger partial charge in [0.25, 0.3) is 0 Å². The van der Waals surface area contributed by atoms with Gasteiger partial charge in [-0.3, -0.25) is 0 Å². The van der Waals surface area contributed by atoms with Crippen molar-refractivity contribution >= 4 is 6.21 Å². The van der Waals surface area contributed by atoms with Gasteiger partial charge in [0.05, 0.1) is 0 Å². The Labute approximate surface area is 74.9 Å². The molecule has 0 spiro atoms. The number of aliphatic imine (C=N–C) groups is 1. The Morgan fingerprint density at radius 3 is 2.92 bits per heavy atom. The predicted molar refractivity (Wildman–Crippen MR) is 54.2 cm³/mol. The van der Waals surface area contributed by atoms with Gasteiger partial charge in [-0.25, -0.2) is 6.42 Å². The van der Waals surface area contributed by atoms with Crippen LogP contribution in [0.1, 0.15) is 33.6 Å². The van der Waals surface area contributed by atoms with Gasteiger partial charge in [0.1, 0.15) is 0 Å². The summed E-state index contributed by atoms with van der Waals surface area (Å²) < 4.78 is 0. The van der Waals surface area contributed by atoms with E-state index >= 15 is 0 Å². The molecule has 0 fully saturated rings. The van der Waals surface area contributed by atoms with E-state index < -0.39 is 0 Å². The van der Waals surface area contributed by atoms with Gasteiger partial charge in [-0.15, -0.1) is 11.6 Å². The molecule has 0 saturated heterocycles. The molecule has 0 aromatic rings. The minimum absolute atomic E-state index is 1.00. The van der Waals surface area contributed by atoms with Crippen molar-refractivity contribution in [3.8, 4) is 0 Å². The molecule has 0 saturated carbocycles. The summed E-state index contributed by atoms with van der Waals surface area (Å²) in [7, 11) is 0. The fourth-order valence-corrected chi connectivity index (χ4v) is 1.30. The highest BCUT2D eigenvalue weighted by molar-refractivity contribution is 5.61. The summed E-state index contributed by atoms with van der Waals surface area (Å²) in [5.41, 5.74) is 3.77. The number of rotatable bonds is 2. The van der Waals surface area contributed by atoms with Crippen LogP contribution in [0.3, 0.4) is 0 Å². The first kappa shape index (κ1) is 9.11. The number of allylic oxidation sites excluding steroid dienone is 3. The van der Waals surface area contributed by atoms with E-state index in [9.17, 15) is 0 Å². The van der Waals surface area contributed by atoms with Gasteiger partial charge in [0.2, 0.25) is 0 Å². The summed E-state index contributed by atoms with van der Waals surface area (Å²) in [6, 6.07) is 0. The highest BCUT2D eigenvalue weighted by atomic mass is 14.7. The van der Waals surface area contributed by atoms with Gasteiger partial charge in [0.15, 0.2) is 0 Å². The molecule has 0 aromatic heterocycles. The molecule has 0 radical (unpaired) electrons. The molecule has 0 atom stereocenters. The lowest BCUT2D eigenvalue weighted by Crippen LogP contribution is -1.95. The lowest BCUT2D eigenvalue weighted by molar-refractivity contribution is 1.07. The molecule has 1 rings (SSSR count). The molecule has 1 aliphatic carbocycles. The van der Waals surface area contributed by atoms with E-state index in [1.54, 1.807) is 0 Å². The van der Waals surface area contributed by atoms with Crippen LogP contribution in [0.15, 0.2) is 27.9 Å². The van der Waals surface area contributed by atoms with Gasteiger partial charge in [-0.1, -0.05) is 32.9 Å². The Morgan fingerprint density at radius 1 is 1.58 bits per heavy atom.